The SMILES string of the molecule is C#CC[C@H](NB(C)O)C(=O)N[C@@H](CCCCNC(=O)[C@@H](CC#C)NB(C)O)C(=O)C[C@H](CCCCNC(=O)[C@H](CCCCNC(=O)[C@@H](CC#C)NB(C)O)NC(=O)CNB(C)O)C(=O)NCCCC. The summed E-state index contributed by atoms with van der Waals surface area (Å²) < 4.78 is 0. The van der Waals surface area contributed by atoms with Gasteiger partial charge in [0.25, 0.3) is 0 Å². The topological polar surface area (TPSA) is 321 Å². The maximum atomic E-state index is 14.1. The van der Waals surface area contributed by atoms with E-state index in [0.29, 0.717) is 45.1 Å². The summed E-state index contributed by atoms with van der Waals surface area (Å²) in [6, 6.07) is -4.60. The summed E-state index contributed by atoms with van der Waals surface area (Å²) >= 11 is 0. The number of carbonyl (C=O) groups excluding carboxylic acids is 7. The molecule has 0 radical (unpaired) electrons. The molecule has 382 valence electrons. The van der Waals surface area contributed by atoms with Crippen LogP contribution in [0.1, 0.15) is 103 Å². The lowest BCUT2D eigenvalue weighted by atomic mass is 9.86. The number of hydrogen-bond acceptors (Lipinski definition) is 15. The highest BCUT2D eigenvalue weighted by Crippen LogP contribution is 2.17. The Morgan fingerprint density at radius 1 is 0.478 bits per heavy atom. The van der Waals surface area contributed by atoms with Crippen LogP contribution in [0.4, 0.5) is 0 Å². The van der Waals surface area contributed by atoms with E-state index < -0.39 is 93.7 Å². The van der Waals surface area contributed by atoms with E-state index in [1.54, 1.807) is 0 Å². The first kappa shape index (κ1) is 64.1. The van der Waals surface area contributed by atoms with Crippen molar-refractivity contribution in [1.82, 2.24) is 52.8 Å². The number of hydrogen-bond donors (Lipinski definition) is 14. The molecule has 0 aromatic rings. The maximum absolute atomic E-state index is 14.1. The summed E-state index contributed by atoms with van der Waals surface area (Å²) in [5, 5.41) is 66.1. The lowest BCUT2D eigenvalue weighted by Gasteiger charge is -2.24. The molecule has 69 heavy (non-hydrogen) atoms. The number of unbranched alkanes of at least 4 members (excludes halogenated alkanes) is 4. The molecule has 0 aliphatic carbocycles. The van der Waals surface area contributed by atoms with Crippen LogP contribution < -0.4 is 52.8 Å². The number of Topliss-reactive ketones (excluding diaryl/α,β-unsaturated/α-hetero) is 1. The third-order valence-corrected chi connectivity index (χ3v) is 10.5. The van der Waals surface area contributed by atoms with Gasteiger partial charge in [0.15, 0.2) is 5.78 Å². The maximum Gasteiger partial charge on any atom is 0.374 e. The minimum absolute atomic E-state index is 0.0531. The molecular weight excluding hydrogens is 888 g/mol. The van der Waals surface area contributed by atoms with Crippen molar-refractivity contribution >= 4 is 69.4 Å². The van der Waals surface area contributed by atoms with Crippen LogP contribution in [0.5, 0.6) is 0 Å². The number of amides is 6. The molecule has 0 unspecified atom stereocenters. The van der Waals surface area contributed by atoms with E-state index in [2.05, 4.69) is 70.6 Å². The number of rotatable bonds is 40. The van der Waals surface area contributed by atoms with Gasteiger partial charge >= 0.3 is 28.2 Å². The van der Waals surface area contributed by atoms with Gasteiger partial charge in [-0.05, 0) is 85.1 Å². The molecule has 0 heterocycles. The molecule has 0 aliphatic heterocycles. The fraction of sp³-hybridized carbons (Fsp3) is 0.705. The molecule has 25 heteroatoms. The Kier molecular flexibility index (Phi) is 36.1. The van der Waals surface area contributed by atoms with Gasteiger partial charge in [-0.1, -0.05) is 19.8 Å². The molecule has 6 amide bonds. The molecule has 6 atom stereocenters. The van der Waals surface area contributed by atoms with Gasteiger partial charge in [0.05, 0.1) is 30.7 Å². The first-order valence-corrected chi connectivity index (χ1v) is 24.1. The minimum Gasteiger partial charge on any atom is -0.437 e. The highest BCUT2D eigenvalue weighted by Gasteiger charge is 2.30. The van der Waals surface area contributed by atoms with Crippen LogP contribution in [0.3, 0.4) is 0 Å². The Labute approximate surface area is 411 Å². The molecule has 0 saturated carbocycles. The lowest BCUT2D eigenvalue weighted by molar-refractivity contribution is -0.132. The first-order valence-electron chi connectivity index (χ1n) is 24.1. The molecule has 21 nitrogen and oxygen atoms in total. The van der Waals surface area contributed by atoms with Gasteiger partial charge in [-0.15, -0.1) is 37.0 Å². The zero-order valence-corrected chi connectivity index (χ0v) is 41.3. The van der Waals surface area contributed by atoms with Crippen molar-refractivity contribution in [3.8, 4) is 37.0 Å². The third kappa shape index (κ3) is 31.8. The number of nitrogens with one attached hydrogen (secondary N) is 10. The molecule has 0 bridgehead atoms. The van der Waals surface area contributed by atoms with Crippen LogP contribution in [0.15, 0.2) is 0 Å². The molecule has 14 N–H and O–H groups in total. The molecule has 0 aromatic carbocycles. The van der Waals surface area contributed by atoms with E-state index in [4.69, 9.17) is 19.3 Å². The van der Waals surface area contributed by atoms with Crippen molar-refractivity contribution in [3.63, 3.8) is 0 Å². The fourth-order valence-corrected chi connectivity index (χ4v) is 6.96. The second-order valence-corrected chi connectivity index (χ2v) is 17.0. The number of carbonyl (C=O) groups is 7. The van der Waals surface area contributed by atoms with Crippen molar-refractivity contribution in [1.29, 1.82) is 0 Å². The van der Waals surface area contributed by atoms with Crippen molar-refractivity contribution in [2.24, 2.45) is 5.92 Å². The second-order valence-electron chi connectivity index (χ2n) is 17.0. The standard InChI is InChI=1S/C44H78B4N10O11/c1-9-13-26-49-40(61)32(30-38(59)33(55-44(65)37(22-12-4)58-48(8)69)24-15-18-28-51-42(63)35(20-10-2)56-46(6)67)23-14-17-27-50-41(62)34(54-39(60)31-53-45(5)66)25-16-19-29-52-43(64)36(21-11-3)57-47(7)68/h2-4,32-37,53,56-58,66-69H,9,13-31H2,1,5-8H3,(H,49,61)(H,50,62)(H,51,63)(H,52,64)(H,54,60)(H,55,65)/t32-,33-,34-,35+,36+,37-/m0/s1. The molecule has 0 saturated heterocycles. The van der Waals surface area contributed by atoms with Crippen LogP contribution in [0.2, 0.25) is 27.3 Å². The van der Waals surface area contributed by atoms with Crippen molar-refractivity contribution in [3.05, 3.63) is 0 Å². The summed E-state index contributed by atoms with van der Waals surface area (Å²) in [7, 11) is -3.95. The predicted molar refractivity (Wildman–Crippen MR) is 270 cm³/mol. The van der Waals surface area contributed by atoms with Crippen LogP contribution >= 0.6 is 0 Å². The predicted octanol–water partition coefficient (Wildman–Crippen LogP) is -2.72. The zero-order chi connectivity index (χ0) is 52.1. The van der Waals surface area contributed by atoms with E-state index in [1.807, 2.05) is 6.92 Å². The van der Waals surface area contributed by atoms with Crippen LogP contribution in [-0.4, -0.2) is 152 Å². The van der Waals surface area contributed by atoms with E-state index >= 15 is 0 Å². The quantitative estimate of drug-likeness (QED) is 0.0169. The van der Waals surface area contributed by atoms with Crippen LogP contribution in [0.25, 0.3) is 0 Å². The van der Waals surface area contributed by atoms with Crippen LogP contribution in [-0.2, 0) is 33.6 Å². The van der Waals surface area contributed by atoms with Crippen molar-refractivity contribution in [2.45, 2.75) is 161 Å². The third-order valence-electron chi connectivity index (χ3n) is 10.5. The highest BCUT2D eigenvalue weighted by molar-refractivity contribution is 6.47. The second kappa shape index (κ2) is 38.9. The summed E-state index contributed by atoms with van der Waals surface area (Å²) in [6.45, 7) is 8.58. The Hall–Kier alpha value is -4.89. The molecule has 0 spiro atoms. The van der Waals surface area contributed by atoms with Crippen molar-refractivity contribution in [2.75, 3.05) is 32.7 Å². The van der Waals surface area contributed by atoms with Crippen LogP contribution in [0, 0.1) is 42.9 Å². The Balaban J connectivity index is 5.88. The van der Waals surface area contributed by atoms with Gasteiger partial charge in [0.1, 0.15) is 6.04 Å². The Morgan fingerprint density at radius 3 is 1.29 bits per heavy atom. The zero-order valence-electron chi connectivity index (χ0n) is 41.3. The lowest BCUT2D eigenvalue weighted by Crippen LogP contribution is -2.53. The molecule has 0 aromatic heterocycles. The summed E-state index contributed by atoms with van der Waals surface area (Å²) in [6.07, 6.45) is 20.8. The summed E-state index contributed by atoms with van der Waals surface area (Å²) in [4.78, 5) is 92.3. The average molecular weight is 966 g/mol. The van der Waals surface area contributed by atoms with Gasteiger partial charge in [0.2, 0.25) is 35.4 Å². The molecule has 0 fully saturated rings. The number of ketones is 1. The molecule has 0 aliphatic rings. The summed E-state index contributed by atoms with van der Waals surface area (Å²) in [5.41, 5.74) is 0. The highest BCUT2D eigenvalue weighted by atomic mass is 16.2. The average Bonchev–Trinajstić information content (AvgIpc) is 3.28. The number of terminal acetylenes is 3. The summed E-state index contributed by atoms with van der Waals surface area (Å²) in [5.74, 6) is 3.27. The first-order chi connectivity index (χ1) is 32.8. The van der Waals surface area contributed by atoms with Gasteiger partial charge in [-0.2, -0.15) is 0 Å². The van der Waals surface area contributed by atoms with Gasteiger partial charge in [-0.3, -0.25) is 33.6 Å². The fourth-order valence-electron chi connectivity index (χ4n) is 6.96. The van der Waals surface area contributed by atoms with E-state index in [9.17, 15) is 53.7 Å². The van der Waals surface area contributed by atoms with E-state index in [-0.39, 0.29) is 82.9 Å². The molecule has 0 rings (SSSR count). The van der Waals surface area contributed by atoms with Gasteiger partial charge in [0, 0.05) is 57.8 Å². The van der Waals surface area contributed by atoms with Crippen molar-refractivity contribution < 1.29 is 53.7 Å². The Morgan fingerprint density at radius 2 is 0.870 bits per heavy atom. The molecular formula is C44H78B4N10O11. The van der Waals surface area contributed by atoms with E-state index in [1.165, 1.54) is 27.3 Å². The smallest absolute Gasteiger partial charge is 0.374 e. The normalized spacial score (nSPS) is 13.2. The van der Waals surface area contributed by atoms with Gasteiger partial charge < -0.3 is 72.9 Å². The largest absolute Gasteiger partial charge is 0.437 e. The monoisotopic (exact) mass is 967 g/mol. The van der Waals surface area contributed by atoms with Gasteiger partial charge in [-0.25, -0.2) is 0 Å². The minimum atomic E-state index is -1.08. The Bertz CT molecular complexity index is 1700. The van der Waals surface area contributed by atoms with E-state index in [0.717, 1.165) is 12.8 Å².